The van der Waals surface area contributed by atoms with E-state index in [4.69, 9.17) is 0 Å². The Labute approximate surface area is 114 Å². The van der Waals surface area contributed by atoms with E-state index in [1.165, 1.54) is 16.4 Å². The Balaban J connectivity index is 2.08. The number of carbonyl (C=O) groups is 1. The summed E-state index contributed by atoms with van der Waals surface area (Å²) in [5.41, 5.74) is 1.50. The highest BCUT2D eigenvalue weighted by Crippen LogP contribution is 2.26. The predicted octanol–water partition coefficient (Wildman–Crippen LogP) is 3.29. The topological polar surface area (TPSA) is 54.9 Å². The summed E-state index contributed by atoms with van der Waals surface area (Å²) in [4.78, 5) is 17.1. The van der Waals surface area contributed by atoms with Gasteiger partial charge in [-0.05, 0) is 31.8 Å². The highest BCUT2D eigenvalue weighted by Gasteiger charge is 2.14. The number of aryl methyl sites for hydroxylation is 2. The lowest BCUT2D eigenvalue weighted by Crippen LogP contribution is -2.02. The van der Waals surface area contributed by atoms with Gasteiger partial charge in [-0.1, -0.05) is 6.92 Å². The molecular weight excluding hydrogens is 266 g/mol. The van der Waals surface area contributed by atoms with Crippen molar-refractivity contribution in [2.75, 3.05) is 5.32 Å². The fraction of sp³-hybridized carbons (Fsp3) is 0.417. The molecule has 18 heavy (non-hydrogen) atoms. The zero-order valence-electron chi connectivity index (χ0n) is 10.6. The number of nitrogens with one attached hydrogen (secondary N) is 1. The van der Waals surface area contributed by atoms with Gasteiger partial charge in [0.15, 0.2) is 5.78 Å². The van der Waals surface area contributed by atoms with Crippen LogP contribution in [0.15, 0.2) is 6.20 Å². The van der Waals surface area contributed by atoms with Crippen molar-refractivity contribution >= 4 is 33.7 Å². The number of Topliss-reactive ketones (excluding diaryl/α,β-unsaturated/α-hetero) is 1. The Morgan fingerprint density at radius 1 is 1.50 bits per heavy atom. The normalized spacial score (nSPS) is 10.6. The van der Waals surface area contributed by atoms with Gasteiger partial charge in [-0.2, -0.15) is 4.37 Å². The minimum absolute atomic E-state index is 0.0529. The molecule has 1 N–H and O–H groups in total. The number of hydrogen-bond acceptors (Lipinski definition) is 6. The molecule has 2 aromatic heterocycles. The van der Waals surface area contributed by atoms with Gasteiger partial charge in [0, 0.05) is 11.1 Å². The number of hydrogen-bond donors (Lipinski definition) is 1. The number of aromatic nitrogens is 2. The number of carbonyl (C=O) groups excluding carboxylic acids is 1. The fourth-order valence-electron chi connectivity index (χ4n) is 1.65. The summed E-state index contributed by atoms with van der Waals surface area (Å²) in [5, 5.41) is 5.13. The van der Waals surface area contributed by atoms with Crippen molar-refractivity contribution < 1.29 is 4.79 Å². The van der Waals surface area contributed by atoms with E-state index in [0.717, 1.165) is 22.1 Å². The molecule has 0 aliphatic rings. The molecule has 2 heterocycles. The smallest absolute Gasteiger partial charge is 0.164 e. The molecule has 0 aliphatic carbocycles. The molecule has 2 rings (SSSR count). The summed E-state index contributed by atoms with van der Waals surface area (Å²) >= 11 is 3.03. The van der Waals surface area contributed by atoms with E-state index in [2.05, 4.69) is 21.6 Å². The molecule has 0 spiro atoms. The Hall–Kier alpha value is -1.27. The van der Waals surface area contributed by atoms with E-state index in [0.29, 0.717) is 12.1 Å². The zero-order chi connectivity index (χ0) is 13.1. The van der Waals surface area contributed by atoms with Crippen molar-refractivity contribution in [3.63, 3.8) is 0 Å². The van der Waals surface area contributed by atoms with Gasteiger partial charge in [0.25, 0.3) is 0 Å². The van der Waals surface area contributed by atoms with Crippen LogP contribution in [0.2, 0.25) is 0 Å². The van der Waals surface area contributed by atoms with E-state index < -0.39 is 0 Å². The van der Waals surface area contributed by atoms with Crippen LogP contribution in [0.25, 0.3) is 0 Å². The third-order valence-electron chi connectivity index (χ3n) is 2.56. The quantitative estimate of drug-likeness (QED) is 0.854. The fourth-order valence-corrected chi connectivity index (χ4v) is 3.30. The van der Waals surface area contributed by atoms with E-state index in [1.807, 2.05) is 13.1 Å². The minimum atomic E-state index is 0.0529. The van der Waals surface area contributed by atoms with Gasteiger partial charge in [-0.25, -0.2) is 4.98 Å². The molecule has 0 aromatic carbocycles. The maximum atomic E-state index is 11.5. The first-order chi connectivity index (χ1) is 8.61. The average Bonchev–Trinajstić information content (AvgIpc) is 2.92. The second kappa shape index (κ2) is 5.58. The van der Waals surface area contributed by atoms with E-state index >= 15 is 0 Å². The third kappa shape index (κ3) is 2.76. The number of nitrogens with zero attached hydrogens (tertiary/aromatic N) is 2. The Kier molecular flexibility index (Phi) is 4.08. The number of rotatable bonds is 5. The predicted molar refractivity (Wildman–Crippen MR) is 75.7 cm³/mol. The molecular formula is C12H15N3OS2. The van der Waals surface area contributed by atoms with Crippen LogP contribution in [0.3, 0.4) is 0 Å². The first-order valence-electron chi connectivity index (χ1n) is 5.76. The summed E-state index contributed by atoms with van der Waals surface area (Å²) in [5.74, 6) is 0.0529. The van der Waals surface area contributed by atoms with Crippen LogP contribution < -0.4 is 5.32 Å². The van der Waals surface area contributed by atoms with Gasteiger partial charge >= 0.3 is 0 Å². The van der Waals surface area contributed by atoms with Crippen LogP contribution in [0.5, 0.6) is 0 Å². The molecule has 0 amide bonds. The van der Waals surface area contributed by atoms with Crippen LogP contribution in [0.4, 0.5) is 5.00 Å². The largest absolute Gasteiger partial charge is 0.369 e. The van der Waals surface area contributed by atoms with E-state index in [9.17, 15) is 4.79 Å². The van der Waals surface area contributed by atoms with E-state index in [-0.39, 0.29) is 5.78 Å². The lowest BCUT2D eigenvalue weighted by molar-refractivity contribution is 0.101. The van der Waals surface area contributed by atoms with Crippen molar-refractivity contribution in [1.29, 1.82) is 0 Å². The Morgan fingerprint density at radius 2 is 2.28 bits per heavy atom. The third-order valence-corrected chi connectivity index (χ3v) is 4.60. The molecule has 0 fully saturated rings. The molecule has 0 radical (unpaired) electrons. The first-order valence-corrected chi connectivity index (χ1v) is 7.35. The molecule has 0 saturated carbocycles. The number of thiazole rings is 1. The van der Waals surface area contributed by atoms with Crippen molar-refractivity contribution in [1.82, 2.24) is 9.36 Å². The van der Waals surface area contributed by atoms with Crippen molar-refractivity contribution in [3.8, 4) is 0 Å². The second-order valence-electron chi connectivity index (χ2n) is 3.96. The number of anilines is 1. The maximum Gasteiger partial charge on any atom is 0.164 e. The van der Waals surface area contributed by atoms with Gasteiger partial charge in [0.1, 0.15) is 10.0 Å². The molecule has 0 unspecified atom stereocenters. The Morgan fingerprint density at radius 3 is 2.89 bits per heavy atom. The summed E-state index contributed by atoms with van der Waals surface area (Å²) < 4.78 is 4.21. The minimum Gasteiger partial charge on any atom is -0.369 e. The second-order valence-corrected chi connectivity index (χ2v) is 5.93. The highest BCUT2D eigenvalue weighted by atomic mass is 32.1. The van der Waals surface area contributed by atoms with Crippen LogP contribution in [-0.2, 0) is 13.0 Å². The first kappa shape index (κ1) is 13.2. The van der Waals surface area contributed by atoms with Gasteiger partial charge in [0.2, 0.25) is 0 Å². The SMILES string of the molecule is CCc1cnc(CNc2snc(C)c2C(C)=O)s1. The van der Waals surface area contributed by atoms with Gasteiger partial charge in [-0.15, -0.1) is 11.3 Å². The van der Waals surface area contributed by atoms with Gasteiger partial charge in [-0.3, -0.25) is 4.79 Å². The van der Waals surface area contributed by atoms with Crippen LogP contribution in [0.1, 0.15) is 39.8 Å². The zero-order valence-corrected chi connectivity index (χ0v) is 12.2. The lowest BCUT2D eigenvalue weighted by Gasteiger charge is -2.02. The summed E-state index contributed by atoms with van der Waals surface area (Å²) in [7, 11) is 0. The average molecular weight is 281 g/mol. The maximum absolute atomic E-state index is 11.5. The van der Waals surface area contributed by atoms with Crippen LogP contribution in [0, 0.1) is 6.92 Å². The number of ketones is 1. The molecule has 0 saturated heterocycles. The highest BCUT2D eigenvalue weighted by molar-refractivity contribution is 7.11. The molecule has 0 atom stereocenters. The summed E-state index contributed by atoms with van der Waals surface area (Å²) in [6.45, 7) is 6.19. The summed E-state index contributed by atoms with van der Waals surface area (Å²) in [6.07, 6.45) is 2.92. The Bertz CT molecular complexity index is 559. The molecule has 96 valence electrons. The van der Waals surface area contributed by atoms with Gasteiger partial charge in [0.05, 0.1) is 17.8 Å². The molecule has 6 heteroatoms. The van der Waals surface area contributed by atoms with Crippen molar-refractivity contribution in [2.24, 2.45) is 0 Å². The summed E-state index contributed by atoms with van der Waals surface area (Å²) in [6, 6.07) is 0. The van der Waals surface area contributed by atoms with Crippen molar-refractivity contribution in [3.05, 3.63) is 27.3 Å². The molecule has 0 bridgehead atoms. The molecule has 2 aromatic rings. The van der Waals surface area contributed by atoms with Gasteiger partial charge < -0.3 is 5.32 Å². The van der Waals surface area contributed by atoms with E-state index in [1.54, 1.807) is 18.3 Å². The van der Waals surface area contributed by atoms with Crippen molar-refractivity contribution in [2.45, 2.75) is 33.7 Å². The lowest BCUT2D eigenvalue weighted by atomic mass is 10.2. The van der Waals surface area contributed by atoms with Crippen LogP contribution >= 0.6 is 22.9 Å². The standard InChI is InChI=1S/C12H15N3OS2/c1-4-9-5-13-10(17-9)6-14-12-11(8(3)16)7(2)15-18-12/h5,14H,4,6H2,1-3H3. The molecule has 0 aliphatic heterocycles. The molecule has 4 nitrogen and oxygen atoms in total. The monoisotopic (exact) mass is 281 g/mol. The van der Waals surface area contributed by atoms with Crippen LogP contribution in [-0.4, -0.2) is 15.1 Å².